The molecule has 0 fully saturated rings. The van der Waals surface area contributed by atoms with E-state index in [4.69, 9.17) is 11.6 Å². The molecule has 0 saturated carbocycles. The third kappa shape index (κ3) is 2.38. The van der Waals surface area contributed by atoms with E-state index in [9.17, 15) is 13.2 Å². The van der Waals surface area contributed by atoms with Gasteiger partial charge in [-0.25, -0.2) is 18.2 Å². The fraction of sp³-hybridized carbons (Fsp3) is 0.133. The molecule has 0 N–H and O–H groups in total. The molecule has 1 heterocycles. The monoisotopic (exact) mass is 310 g/mol. The first kappa shape index (κ1) is 13.9. The lowest BCUT2D eigenvalue weighted by molar-refractivity contribution is 0.508. The van der Waals surface area contributed by atoms with Gasteiger partial charge in [0.05, 0.1) is 11.2 Å². The number of aromatic nitrogens is 2. The average molecular weight is 311 g/mol. The quantitative estimate of drug-likeness (QED) is 0.662. The van der Waals surface area contributed by atoms with Crippen molar-refractivity contribution in [1.82, 2.24) is 9.55 Å². The number of fused-ring (bicyclic) bond motifs is 1. The Morgan fingerprint density at radius 2 is 1.81 bits per heavy atom. The van der Waals surface area contributed by atoms with Crippen molar-refractivity contribution in [3.05, 3.63) is 59.7 Å². The number of aryl methyl sites for hydroxylation is 1. The van der Waals surface area contributed by atoms with Crippen LogP contribution in [0.4, 0.5) is 13.2 Å². The first-order chi connectivity index (χ1) is 10.1. The van der Waals surface area contributed by atoms with Crippen molar-refractivity contribution in [1.29, 1.82) is 0 Å². The molecule has 0 unspecified atom stereocenters. The minimum atomic E-state index is -0.970. The number of hydrogen-bond acceptors (Lipinski definition) is 1. The maximum Gasteiger partial charge on any atom is 0.160 e. The predicted molar refractivity (Wildman–Crippen MR) is 75.4 cm³/mol. The lowest BCUT2D eigenvalue weighted by atomic mass is 10.2. The van der Waals surface area contributed by atoms with Crippen LogP contribution in [0, 0.1) is 17.5 Å². The molecule has 0 atom stereocenters. The molecule has 1 aromatic heterocycles. The van der Waals surface area contributed by atoms with E-state index in [1.165, 1.54) is 12.1 Å². The Labute approximate surface area is 123 Å². The fourth-order valence-electron chi connectivity index (χ4n) is 2.28. The van der Waals surface area contributed by atoms with Gasteiger partial charge in [-0.3, -0.25) is 4.57 Å². The number of nitrogens with zero attached hydrogens (tertiary/aromatic N) is 2. The molecular formula is C15H10ClF3N2. The molecule has 0 aliphatic carbocycles. The van der Waals surface area contributed by atoms with E-state index in [-0.39, 0.29) is 11.4 Å². The lowest BCUT2D eigenvalue weighted by Crippen LogP contribution is -2.03. The normalized spacial score (nSPS) is 11.2. The van der Waals surface area contributed by atoms with Gasteiger partial charge in [-0.05, 0) is 24.3 Å². The first-order valence-electron chi connectivity index (χ1n) is 6.29. The van der Waals surface area contributed by atoms with Crippen LogP contribution in [0.1, 0.15) is 5.82 Å². The Hall–Kier alpha value is -2.01. The minimum absolute atomic E-state index is 0.183. The molecule has 108 valence electrons. The largest absolute Gasteiger partial charge is 0.296 e. The van der Waals surface area contributed by atoms with Gasteiger partial charge in [-0.15, -0.1) is 11.6 Å². The second-order valence-electron chi connectivity index (χ2n) is 4.51. The highest BCUT2D eigenvalue weighted by atomic mass is 35.5. The topological polar surface area (TPSA) is 17.8 Å². The smallest absolute Gasteiger partial charge is 0.160 e. The third-order valence-corrected chi connectivity index (χ3v) is 3.37. The van der Waals surface area contributed by atoms with E-state index in [2.05, 4.69) is 4.98 Å². The van der Waals surface area contributed by atoms with Crippen LogP contribution >= 0.6 is 11.6 Å². The summed E-state index contributed by atoms with van der Waals surface area (Å²) in [6.45, 7) is 0. The van der Waals surface area contributed by atoms with Crippen LogP contribution in [-0.4, -0.2) is 15.4 Å². The summed E-state index contributed by atoms with van der Waals surface area (Å²) in [6.07, 6.45) is 0.384. The Bertz CT molecular complexity index is 814. The van der Waals surface area contributed by atoms with Crippen LogP contribution in [0.3, 0.4) is 0 Å². The van der Waals surface area contributed by atoms with Gasteiger partial charge in [-0.1, -0.05) is 6.07 Å². The molecule has 0 amide bonds. The highest BCUT2D eigenvalue weighted by Gasteiger charge is 2.15. The Morgan fingerprint density at radius 3 is 2.52 bits per heavy atom. The van der Waals surface area contributed by atoms with Gasteiger partial charge in [-0.2, -0.15) is 0 Å². The molecule has 0 aliphatic rings. The zero-order chi connectivity index (χ0) is 15.0. The van der Waals surface area contributed by atoms with Gasteiger partial charge < -0.3 is 0 Å². The summed E-state index contributed by atoms with van der Waals surface area (Å²) >= 11 is 5.74. The maximum atomic E-state index is 13.8. The van der Waals surface area contributed by atoms with E-state index in [0.29, 0.717) is 23.4 Å². The highest BCUT2D eigenvalue weighted by Crippen LogP contribution is 2.25. The maximum absolute atomic E-state index is 13.8. The summed E-state index contributed by atoms with van der Waals surface area (Å²) in [7, 11) is 0. The van der Waals surface area contributed by atoms with Gasteiger partial charge in [0.25, 0.3) is 0 Å². The van der Waals surface area contributed by atoms with E-state index >= 15 is 0 Å². The second kappa shape index (κ2) is 5.41. The summed E-state index contributed by atoms with van der Waals surface area (Å²) < 4.78 is 42.0. The number of imidazole rings is 1. The molecule has 0 radical (unpaired) electrons. The number of para-hydroxylation sites is 1. The molecule has 0 aliphatic heterocycles. The Balaban J connectivity index is 2.30. The van der Waals surface area contributed by atoms with E-state index in [1.54, 1.807) is 16.7 Å². The van der Waals surface area contributed by atoms with Gasteiger partial charge in [0.15, 0.2) is 17.5 Å². The first-order valence-corrected chi connectivity index (χ1v) is 6.82. The number of rotatable bonds is 3. The van der Waals surface area contributed by atoms with Crippen LogP contribution in [-0.2, 0) is 6.42 Å². The summed E-state index contributed by atoms with van der Waals surface area (Å²) in [5, 5.41) is 0. The lowest BCUT2D eigenvalue weighted by Gasteiger charge is -2.09. The van der Waals surface area contributed by atoms with Crippen molar-refractivity contribution in [3.8, 4) is 5.69 Å². The molecule has 6 heteroatoms. The van der Waals surface area contributed by atoms with Crippen LogP contribution in [0.2, 0.25) is 0 Å². The molecule has 0 saturated heterocycles. The molecule has 3 rings (SSSR count). The van der Waals surface area contributed by atoms with E-state index in [0.717, 1.165) is 12.1 Å². The van der Waals surface area contributed by atoms with E-state index in [1.807, 2.05) is 0 Å². The molecular weight excluding hydrogens is 301 g/mol. The molecule has 21 heavy (non-hydrogen) atoms. The van der Waals surface area contributed by atoms with Crippen LogP contribution in [0.25, 0.3) is 16.7 Å². The fourth-order valence-corrected chi connectivity index (χ4v) is 2.45. The SMILES string of the molecule is Fc1ccc(-n2c(CCCl)nc3c(F)cccc32)cc1F. The summed E-state index contributed by atoms with van der Waals surface area (Å²) in [4.78, 5) is 4.22. The molecule has 2 nitrogen and oxygen atoms in total. The van der Waals surface area contributed by atoms with Crippen LogP contribution < -0.4 is 0 Å². The Morgan fingerprint density at radius 1 is 1.00 bits per heavy atom. The number of alkyl halides is 1. The van der Waals surface area contributed by atoms with Crippen molar-refractivity contribution >= 4 is 22.6 Å². The molecule has 3 aromatic rings. The number of halogens is 4. The number of hydrogen-bond donors (Lipinski definition) is 0. The van der Waals surface area contributed by atoms with E-state index < -0.39 is 17.5 Å². The summed E-state index contributed by atoms with van der Waals surface area (Å²) in [6, 6.07) is 8.02. The third-order valence-electron chi connectivity index (χ3n) is 3.18. The molecule has 0 bridgehead atoms. The summed E-state index contributed by atoms with van der Waals surface area (Å²) in [5.74, 6) is -1.59. The Kier molecular flexibility index (Phi) is 3.59. The molecule has 0 spiro atoms. The van der Waals surface area contributed by atoms with Gasteiger partial charge in [0, 0.05) is 18.4 Å². The van der Waals surface area contributed by atoms with Crippen molar-refractivity contribution in [2.45, 2.75) is 6.42 Å². The van der Waals surface area contributed by atoms with Crippen LogP contribution in [0.15, 0.2) is 36.4 Å². The van der Waals surface area contributed by atoms with Crippen LogP contribution in [0.5, 0.6) is 0 Å². The zero-order valence-corrected chi connectivity index (χ0v) is 11.5. The number of benzene rings is 2. The van der Waals surface area contributed by atoms with Gasteiger partial charge >= 0.3 is 0 Å². The zero-order valence-electron chi connectivity index (χ0n) is 10.8. The predicted octanol–water partition coefficient (Wildman–Crippen LogP) is 4.22. The van der Waals surface area contributed by atoms with Crippen molar-refractivity contribution in [2.24, 2.45) is 0 Å². The van der Waals surface area contributed by atoms with Crippen molar-refractivity contribution in [3.63, 3.8) is 0 Å². The highest BCUT2D eigenvalue weighted by molar-refractivity contribution is 6.17. The van der Waals surface area contributed by atoms with Crippen molar-refractivity contribution in [2.75, 3.05) is 5.88 Å². The summed E-state index contributed by atoms with van der Waals surface area (Å²) in [5.41, 5.74) is 1.05. The van der Waals surface area contributed by atoms with Crippen molar-refractivity contribution < 1.29 is 13.2 Å². The second-order valence-corrected chi connectivity index (χ2v) is 4.89. The van der Waals surface area contributed by atoms with Gasteiger partial charge in [0.2, 0.25) is 0 Å². The van der Waals surface area contributed by atoms with Gasteiger partial charge in [0.1, 0.15) is 11.3 Å². The standard InChI is InChI=1S/C15H10ClF3N2/c16-7-6-14-20-15-11(18)2-1-3-13(15)21(14)9-4-5-10(17)12(19)8-9/h1-5,8H,6-7H2. The average Bonchev–Trinajstić information content (AvgIpc) is 2.82. The minimum Gasteiger partial charge on any atom is -0.296 e. The molecule has 2 aromatic carbocycles.